The highest BCUT2D eigenvalue weighted by Crippen LogP contribution is 2.41. The second-order valence-electron chi connectivity index (χ2n) is 5.60. The SMILES string of the molecule is O=[N+]([O-])C[C@@H](c1ccc(Br)cc1)[C@@H](c1ccccc1)[C@H](O)C(F)(F)F. The highest BCUT2D eigenvalue weighted by Gasteiger charge is 2.48. The van der Waals surface area contributed by atoms with E-state index < -0.39 is 35.6 Å². The molecule has 0 spiro atoms. The zero-order chi connectivity index (χ0) is 18.6. The summed E-state index contributed by atoms with van der Waals surface area (Å²) in [5.41, 5.74) is 0.555. The maximum atomic E-state index is 13.2. The van der Waals surface area contributed by atoms with Gasteiger partial charge in [0.15, 0.2) is 6.10 Å². The first-order valence-corrected chi connectivity index (χ1v) is 8.16. The molecule has 8 heteroatoms. The first-order chi connectivity index (χ1) is 11.7. The summed E-state index contributed by atoms with van der Waals surface area (Å²) in [6.07, 6.45) is -7.62. The summed E-state index contributed by atoms with van der Waals surface area (Å²) in [6, 6.07) is 13.8. The number of halogens is 4. The van der Waals surface area contributed by atoms with Gasteiger partial charge in [0.2, 0.25) is 6.54 Å². The molecule has 0 heterocycles. The molecule has 2 rings (SSSR count). The number of nitrogens with zero attached hydrogens (tertiary/aromatic N) is 1. The third-order valence-corrected chi connectivity index (χ3v) is 4.47. The lowest BCUT2D eigenvalue weighted by Gasteiger charge is -2.30. The van der Waals surface area contributed by atoms with Crippen LogP contribution in [0.1, 0.15) is 23.0 Å². The number of hydrogen-bond acceptors (Lipinski definition) is 3. The number of aliphatic hydroxyl groups is 1. The van der Waals surface area contributed by atoms with Crippen molar-refractivity contribution in [2.45, 2.75) is 24.1 Å². The third kappa shape index (κ3) is 5.02. The van der Waals surface area contributed by atoms with Crippen molar-refractivity contribution in [1.29, 1.82) is 0 Å². The number of alkyl halides is 3. The van der Waals surface area contributed by atoms with Crippen LogP contribution in [0, 0.1) is 10.1 Å². The Balaban J connectivity index is 2.56. The average Bonchev–Trinajstić information content (AvgIpc) is 2.54. The van der Waals surface area contributed by atoms with E-state index in [2.05, 4.69) is 15.9 Å². The fourth-order valence-corrected chi connectivity index (χ4v) is 3.07. The minimum Gasteiger partial charge on any atom is -0.383 e. The molecule has 0 fully saturated rings. The van der Waals surface area contributed by atoms with Gasteiger partial charge in [-0.2, -0.15) is 13.2 Å². The van der Waals surface area contributed by atoms with E-state index in [4.69, 9.17) is 0 Å². The molecule has 25 heavy (non-hydrogen) atoms. The first kappa shape index (κ1) is 19.4. The Morgan fingerprint density at radius 2 is 1.60 bits per heavy atom. The van der Waals surface area contributed by atoms with Crippen molar-refractivity contribution in [3.8, 4) is 0 Å². The highest BCUT2D eigenvalue weighted by atomic mass is 79.9. The maximum Gasteiger partial charge on any atom is 0.414 e. The quantitative estimate of drug-likeness (QED) is 0.555. The second-order valence-corrected chi connectivity index (χ2v) is 6.51. The van der Waals surface area contributed by atoms with Gasteiger partial charge in [0.25, 0.3) is 0 Å². The van der Waals surface area contributed by atoms with Gasteiger partial charge in [0.05, 0.1) is 5.92 Å². The van der Waals surface area contributed by atoms with Crippen molar-refractivity contribution in [3.63, 3.8) is 0 Å². The fourth-order valence-electron chi connectivity index (χ4n) is 2.81. The van der Waals surface area contributed by atoms with Gasteiger partial charge in [-0.25, -0.2) is 0 Å². The molecule has 1 N–H and O–H groups in total. The molecule has 0 radical (unpaired) electrons. The Kier molecular flexibility index (Phi) is 6.18. The largest absolute Gasteiger partial charge is 0.414 e. The summed E-state index contributed by atoms with van der Waals surface area (Å²) in [5, 5.41) is 21.0. The van der Waals surface area contributed by atoms with Crippen molar-refractivity contribution in [2.75, 3.05) is 6.54 Å². The molecular formula is C17H15BrF3NO3. The fraction of sp³-hybridized carbons (Fsp3) is 0.294. The smallest absolute Gasteiger partial charge is 0.383 e. The van der Waals surface area contributed by atoms with E-state index in [0.29, 0.717) is 10.0 Å². The van der Waals surface area contributed by atoms with Crippen LogP contribution in [-0.4, -0.2) is 28.9 Å². The maximum absolute atomic E-state index is 13.2. The van der Waals surface area contributed by atoms with E-state index in [-0.39, 0.29) is 5.56 Å². The summed E-state index contributed by atoms with van der Waals surface area (Å²) in [6.45, 7) is -0.728. The Bertz CT molecular complexity index is 707. The third-order valence-electron chi connectivity index (χ3n) is 3.94. The highest BCUT2D eigenvalue weighted by molar-refractivity contribution is 9.10. The van der Waals surface area contributed by atoms with Crippen LogP contribution < -0.4 is 0 Å². The summed E-state index contributed by atoms with van der Waals surface area (Å²) in [5.74, 6) is -2.63. The lowest BCUT2D eigenvalue weighted by atomic mass is 9.77. The van der Waals surface area contributed by atoms with Crippen LogP contribution in [0.4, 0.5) is 13.2 Å². The van der Waals surface area contributed by atoms with Crippen LogP contribution in [-0.2, 0) is 0 Å². The van der Waals surface area contributed by atoms with Gasteiger partial charge in [-0.1, -0.05) is 58.4 Å². The van der Waals surface area contributed by atoms with Gasteiger partial charge in [-0.3, -0.25) is 10.1 Å². The Hall–Kier alpha value is -1.93. The van der Waals surface area contributed by atoms with Gasteiger partial charge < -0.3 is 5.11 Å². The van der Waals surface area contributed by atoms with Crippen LogP contribution in [0.25, 0.3) is 0 Å². The molecule has 2 aromatic carbocycles. The number of nitro groups is 1. The van der Waals surface area contributed by atoms with Crippen molar-refractivity contribution in [2.24, 2.45) is 0 Å². The van der Waals surface area contributed by atoms with Crippen molar-refractivity contribution < 1.29 is 23.2 Å². The van der Waals surface area contributed by atoms with E-state index in [9.17, 15) is 28.4 Å². The van der Waals surface area contributed by atoms with Crippen LogP contribution >= 0.6 is 15.9 Å². The van der Waals surface area contributed by atoms with E-state index in [1.165, 1.54) is 36.4 Å². The Morgan fingerprint density at radius 1 is 1.04 bits per heavy atom. The predicted molar refractivity (Wildman–Crippen MR) is 90.0 cm³/mol. The molecule has 134 valence electrons. The van der Waals surface area contributed by atoms with E-state index in [0.717, 1.165) is 0 Å². The number of aliphatic hydroxyl groups excluding tert-OH is 1. The second kappa shape index (κ2) is 7.97. The van der Waals surface area contributed by atoms with Gasteiger partial charge in [-0.15, -0.1) is 0 Å². The Morgan fingerprint density at radius 3 is 2.08 bits per heavy atom. The summed E-state index contributed by atoms with van der Waals surface area (Å²) < 4.78 is 40.4. The lowest BCUT2D eigenvalue weighted by Crippen LogP contribution is -2.39. The molecule has 0 saturated heterocycles. The molecule has 0 unspecified atom stereocenters. The molecular weight excluding hydrogens is 403 g/mol. The minimum atomic E-state index is -4.90. The van der Waals surface area contributed by atoms with Gasteiger partial charge in [0.1, 0.15) is 0 Å². The van der Waals surface area contributed by atoms with E-state index in [1.54, 1.807) is 18.2 Å². The first-order valence-electron chi connectivity index (χ1n) is 7.37. The molecule has 0 aromatic heterocycles. The molecule has 2 aromatic rings. The van der Waals surface area contributed by atoms with Crippen molar-refractivity contribution >= 4 is 15.9 Å². The molecule has 0 amide bonds. The summed E-state index contributed by atoms with van der Waals surface area (Å²) in [7, 11) is 0. The van der Waals surface area contributed by atoms with Gasteiger partial charge >= 0.3 is 6.18 Å². The lowest BCUT2D eigenvalue weighted by molar-refractivity contribution is -0.484. The molecule has 0 bridgehead atoms. The van der Waals surface area contributed by atoms with Crippen LogP contribution in [0.2, 0.25) is 0 Å². The van der Waals surface area contributed by atoms with E-state index in [1.807, 2.05) is 0 Å². The number of hydrogen-bond donors (Lipinski definition) is 1. The normalized spacial score (nSPS) is 15.4. The van der Waals surface area contributed by atoms with Gasteiger partial charge in [0, 0.05) is 15.3 Å². The van der Waals surface area contributed by atoms with Crippen LogP contribution in [0.5, 0.6) is 0 Å². The van der Waals surface area contributed by atoms with Crippen molar-refractivity contribution in [3.05, 3.63) is 80.3 Å². The molecule has 0 saturated carbocycles. The zero-order valence-corrected chi connectivity index (χ0v) is 14.4. The molecule has 0 aliphatic carbocycles. The molecule has 3 atom stereocenters. The standard InChI is InChI=1S/C17H15BrF3NO3/c18-13-8-6-11(7-9-13)14(10-22(24)25)15(16(23)17(19,20)21)12-4-2-1-3-5-12/h1-9,14-16,23H,10H2/t14-,15+,16-/m0/s1. The molecule has 4 nitrogen and oxygen atoms in total. The summed E-state index contributed by atoms with van der Waals surface area (Å²) >= 11 is 3.22. The summed E-state index contributed by atoms with van der Waals surface area (Å²) in [4.78, 5) is 10.4. The monoisotopic (exact) mass is 417 g/mol. The number of benzene rings is 2. The van der Waals surface area contributed by atoms with Crippen LogP contribution in [0.15, 0.2) is 59.1 Å². The van der Waals surface area contributed by atoms with Crippen molar-refractivity contribution in [1.82, 2.24) is 0 Å². The molecule has 0 aliphatic heterocycles. The topological polar surface area (TPSA) is 63.4 Å². The Labute approximate surface area is 150 Å². The van der Waals surface area contributed by atoms with Crippen LogP contribution in [0.3, 0.4) is 0 Å². The number of rotatable bonds is 6. The zero-order valence-electron chi connectivity index (χ0n) is 12.9. The molecule has 0 aliphatic rings. The predicted octanol–water partition coefficient (Wildman–Crippen LogP) is 4.52. The minimum absolute atomic E-state index is 0.196. The van der Waals surface area contributed by atoms with E-state index >= 15 is 0 Å². The van der Waals surface area contributed by atoms with Gasteiger partial charge in [-0.05, 0) is 23.3 Å². The average molecular weight is 418 g/mol.